The molecule has 0 aromatic heterocycles. The van der Waals surface area contributed by atoms with Gasteiger partial charge in [0.25, 0.3) is 0 Å². The summed E-state index contributed by atoms with van der Waals surface area (Å²) in [4.78, 5) is 11.5. The molecule has 1 aromatic carbocycles. The summed E-state index contributed by atoms with van der Waals surface area (Å²) in [5.41, 5.74) is 0.648. The van der Waals surface area contributed by atoms with Gasteiger partial charge in [-0.15, -0.1) is 0 Å². The largest absolute Gasteiger partial charge is 0.480 e. The van der Waals surface area contributed by atoms with E-state index in [2.05, 4.69) is 12.2 Å². The van der Waals surface area contributed by atoms with Crippen LogP contribution in [0, 0.1) is 5.92 Å². The maximum absolute atomic E-state index is 11.5. The first-order valence-electron chi connectivity index (χ1n) is 6.83. The van der Waals surface area contributed by atoms with E-state index in [9.17, 15) is 9.90 Å². The Hall–Kier alpha value is -1.06. The molecular weight excluding hydrogens is 262 g/mol. The number of carboxylic acid groups (broad SMARTS) is 1. The van der Waals surface area contributed by atoms with Gasteiger partial charge in [-0.2, -0.15) is 0 Å². The monoisotopic (exact) mass is 281 g/mol. The fourth-order valence-electron chi connectivity index (χ4n) is 2.78. The lowest BCUT2D eigenvalue weighted by atomic mass is 9.85. The van der Waals surface area contributed by atoms with Crippen LogP contribution in [0.3, 0.4) is 0 Å². The third-order valence-corrected chi connectivity index (χ3v) is 4.30. The normalized spacial score (nSPS) is 24.9. The smallest absolute Gasteiger partial charge is 0.325 e. The minimum Gasteiger partial charge on any atom is -0.480 e. The molecule has 0 spiro atoms. The first kappa shape index (κ1) is 14.4. The molecule has 3 atom stereocenters. The quantitative estimate of drug-likeness (QED) is 0.886. The number of aliphatic carboxylic acids is 1. The van der Waals surface area contributed by atoms with Gasteiger partial charge in [0.2, 0.25) is 0 Å². The topological polar surface area (TPSA) is 49.3 Å². The predicted octanol–water partition coefficient (Wildman–Crippen LogP) is 3.63. The lowest BCUT2D eigenvalue weighted by molar-refractivity contribution is -0.140. The molecule has 0 bridgehead atoms. The van der Waals surface area contributed by atoms with Gasteiger partial charge in [0.1, 0.15) is 6.04 Å². The van der Waals surface area contributed by atoms with Crippen LogP contribution >= 0.6 is 11.6 Å². The number of halogens is 1. The summed E-state index contributed by atoms with van der Waals surface area (Å²) in [5, 5.41) is 13.2. The van der Waals surface area contributed by atoms with Crippen LogP contribution < -0.4 is 5.32 Å². The number of rotatable bonds is 4. The zero-order valence-electron chi connectivity index (χ0n) is 11.1. The number of carboxylic acids is 1. The van der Waals surface area contributed by atoms with E-state index in [1.807, 2.05) is 12.1 Å². The average Bonchev–Trinajstić information content (AvgIpc) is 2.38. The first-order chi connectivity index (χ1) is 9.09. The third-order valence-electron chi connectivity index (χ3n) is 3.96. The van der Waals surface area contributed by atoms with Gasteiger partial charge in [0.15, 0.2) is 0 Å². The maximum atomic E-state index is 11.5. The minimum atomic E-state index is -0.870. The Morgan fingerprint density at radius 1 is 1.37 bits per heavy atom. The molecule has 2 N–H and O–H groups in total. The molecule has 3 nitrogen and oxygen atoms in total. The van der Waals surface area contributed by atoms with E-state index < -0.39 is 12.0 Å². The van der Waals surface area contributed by atoms with Crippen LogP contribution in [-0.2, 0) is 4.79 Å². The molecule has 0 heterocycles. The van der Waals surface area contributed by atoms with E-state index in [1.165, 1.54) is 6.42 Å². The summed E-state index contributed by atoms with van der Waals surface area (Å²) in [7, 11) is 0. The minimum absolute atomic E-state index is 0.256. The lowest BCUT2D eigenvalue weighted by Gasteiger charge is -2.32. The number of hydrogen-bond acceptors (Lipinski definition) is 2. The van der Waals surface area contributed by atoms with E-state index in [1.54, 1.807) is 12.1 Å². The van der Waals surface area contributed by atoms with Crippen molar-refractivity contribution in [1.29, 1.82) is 0 Å². The molecule has 1 aromatic rings. The van der Waals surface area contributed by atoms with Gasteiger partial charge in [-0.25, -0.2) is 0 Å². The van der Waals surface area contributed by atoms with Crippen molar-refractivity contribution in [3.8, 4) is 0 Å². The van der Waals surface area contributed by atoms with Crippen molar-refractivity contribution in [2.75, 3.05) is 0 Å². The standard InChI is InChI=1S/C15H20ClNO2/c1-10-6-2-5-9-13(10)17-14(15(18)19)11-7-3-4-8-12(11)16/h3-4,7-8,10,13-14,17H,2,5-6,9H2,1H3,(H,18,19). The Balaban J connectivity index is 2.17. The van der Waals surface area contributed by atoms with Crippen molar-refractivity contribution >= 4 is 17.6 Å². The van der Waals surface area contributed by atoms with Gasteiger partial charge < -0.3 is 5.11 Å². The second-order valence-corrected chi connectivity index (χ2v) is 5.73. The molecule has 104 valence electrons. The van der Waals surface area contributed by atoms with Crippen LogP contribution in [-0.4, -0.2) is 17.1 Å². The summed E-state index contributed by atoms with van der Waals surface area (Å²) in [6, 6.07) is 6.68. The first-order valence-corrected chi connectivity index (χ1v) is 7.20. The molecule has 4 heteroatoms. The molecule has 0 aliphatic heterocycles. The Morgan fingerprint density at radius 3 is 2.68 bits per heavy atom. The number of benzene rings is 1. The Morgan fingerprint density at radius 2 is 2.05 bits per heavy atom. The van der Waals surface area contributed by atoms with Gasteiger partial charge in [-0.05, 0) is 30.4 Å². The number of hydrogen-bond donors (Lipinski definition) is 2. The average molecular weight is 282 g/mol. The van der Waals surface area contributed by atoms with Crippen molar-refractivity contribution in [2.24, 2.45) is 5.92 Å². The van der Waals surface area contributed by atoms with E-state index in [0.29, 0.717) is 16.5 Å². The lowest BCUT2D eigenvalue weighted by Crippen LogP contribution is -2.42. The highest BCUT2D eigenvalue weighted by Crippen LogP contribution is 2.28. The van der Waals surface area contributed by atoms with E-state index in [-0.39, 0.29) is 6.04 Å². The zero-order chi connectivity index (χ0) is 13.8. The molecule has 19 heavy (non-hydrogen) atoms. The van der Waals surface area contributed by atoms with Gasteiger partial charge in [0.05, 0.1) is 0 Å². The van der Waals surface area contributed by atoms with Crippen molar-refractivity contribution in [1.82, 2.24) is 5.32 Å². The summed E-state index contributed by atoms with van der Waals surface area (Å²) >= 11 is 6.11. The highest BCUT2D eigenvalue weighted by Gasteiger charge is 2.29. The zero-order valence-corrected chi connectivity index (χ0v) is 11.9. The summed E-state index contributed by atoms with van der Waals surface area (Å²) in [6.45, 7) is 2.18. The van der Waals surface area contributed by atoms with Crippen LogP contribution in [0.15, 0.2) is 24.3 Å². The molecular formula is C15H20ClNO2. The van der Waals surface area contributed by atoms with E-state index in [4.69, 9.17) is 11.6 Å². The Labute approximate surface area is 119 Å². The van der Waals surface area contributed by atoms with Crippen LogP contribution in [0.5, 0.6) is 0 Å². The Kier molecular flexibility index (Phi) is 4.83. The molecule has 3 unspecified atom stereocenters. The molecule has 0 radical (unpaired) electrons. The van der Waals surface area contributed by atoms with Crippen molar-refractivity contribution in [2.45, 2.75) is 44.7 Å². The van der Waals surface area contributed by atoms with Gasteiger partial charge >= 0.3 is 5.97 Å². The molecule has 0 saturated heterocycles. The molecule has 1 saturated carbocycles. The molecule has 1 aliphatic carbocycles. The second-order valence-electron chi connectivity index (χ2n) is 5.33. The molecule has 1 aliphatic rings. The highest BCUT2D eigenvalue weighted by molar-refractivity contribution is 6.31. The Bertz CT molecular complexity index is 450. The van der Waals surface area contributed by atoms with Crippen LogP contribution in [0.2, 0.25) is 5.02 Å². The van der Waals surface area contributed by atoms with Crippen LogP contribution in [0.1, 0.15) is 44.2 Å². The second kappa shape index (κ2) is 6.40. The van der Waals surface area contributed by atoms with Crippen LogP contribution in [0.4, 0.5) is 0 Å². The van der Waals surface area contributed by atoms with E-state index >= 15 is 0 Å². The van der Waals surface area contributed by atoms with Crippen LogP contribution in [0.25, 0.3) is 0 Å². The highest BCUT2D eigenvalue weighted by atomic mass is 35.5. The number of carbonyl (C=O) groups is 1. The SMILES string of the molecule is CC1CCCCC1NC(C(=O)O)c1ccccc1Cl. The maximum Gasteiger partial charge on any atom is 0.325 e. The fourth-order valence-corrected chi connectivity index (χ4v) is 3.03. The van der Waals surface area contributed by atoms with Gasteiger partial charge in [-0.1, -0.05) is 49.6 Å². The molecule has 1 fully saturated rings. The van der Waals surface area contributed by atoms with E-state index in [0.717, 1.165) is 19.3 Å². The molecule has 2 rings (SSSR count). The summed E-state index contributed by atoms with van der Waals surface area (Å²) < 4.78 is 0. The summed E-state index contributed by atoms with van der Waals surface area (Å²) in [5.74, 6) is -0.357. The predicted molar refractivity (Wildman–Crippen MR) is 76.4 cm³/mol. The van der Waals surface area contributed by atoms with Crippen molar-refractivity contribution < 1.29 is 9.90 Å². The molecule has 0 amide bonds. The van der Waals surface area contributed by atoms with Crippen molar-refractivity contribution in [3.05, 3.63) is 34.9 Å². The summed E-state index contributed by atoms with van der Waals surface area (Å²) in [6.07, 6.45) is 4.60. The third kappa shape index (κ3) is 3.48. The van der Waals surface area contributed by atoms with Crippen molar-refractivity contribution in [3.63, 3.8) is 0 Å². The number of nitrogens with one attached hydrogen (secondary N) is 1. The fraction of sp³-hybridized carbons (Fsp3) is 0.533. The van der Waals surface area contributed by atoms with Gasteiger partial charge in [-0.3, -0.25) is 10.1 Å². The van der Waals surface area contributed by atoms with Gasteiger partial charge in [0, 0.05) is 11.1 Å².